The van der Waals surface area contributed by atoms with E-state index < -0.39 is 11.7 Å². The van der Waals surface area contributed by atoms with Crippen molar-refractivity contribution in [3.05, 3.63) is 29.8 Å². The number of alkyl halides is 3. The van der Waals surface area contributed by atoms with Crippen LogP contribution in [0.2, 0.25) is 0 Å². The van der Waals surface area contributed by atoms with Crippen LogP contribution in [0.3, 0.4) is 0 Å². The second-order valence-electron chi connectivity index (χ2n) is 3.42. The van der Waals surface area contributed by atoms with E-state index in [1.165, 1.54) is 12.1 Å². The number of anilines is 1. The van der Waals surface area contributed by atoms with Crippen LogP contribution >= 0.6 is 0 Å². The SMILES string of the molecule is CCC(C)Nc1cc[c]cc1C(F)(F)F. The van der Waals surface area contributed by atoms with Gasteiger partial charge in [-0.15, -0.1) is 0 Å². The smallest absolute Gasteiger partial charge is 0.382 e. The molecule has 83 valence electrons. The molecule has 0 spiro atoms. The molecule has 4 heteroatoms. The van der Waals surface area contributed by atoms with Crippen molar-refractivity contribution < 1.29 is 13.2 Å². The Morgan fingerprint density at radius 3 is 2.67 bits per heavy atom. The first-order chi connectivity index (χ1) is 6.95. The highest BCUT2D eigenvalue weighted by atomic mass is 19.4. The molecule has 1 rings (SSSR count). The third kappa shape index (κ3) is 3.15. The van der Waals surface area contributed by atoms with E-state index in [9.17, 15) is 13.2 Å². The molecule has 0 bridgehead atoms. The van der Waals surface area contributed by atoms with Gasteiger partial charge >= 0.3 is 6.18 Å². The van der Waals surface area contributed by atoms with Crippen LogP contribution in [0.25, 0.3) is 0 Å². The van der Waals surface area contributed by atoms with Gasteiger partial charge in [-0.05, 0) is 31.5 Å². The Kier molecular flexibility index (Phi) is 3.61. The molecule has 0 heterocycles. The summed E-state index contributed by atoms with van der Waals surface area (Å²) in [6, 6.07) is 6.29. The van der Waals surface area contributed by atoms with Crippen LogP contribution in [0.15, 0.2) is 18.2 Å². The maximum Gasteiger partial charge on any atom is 0.418 e. The molecular weight excluding hydrogens is 203 g/mol. The average Bonchev–Trinajstić information content (AvgIpc) is 2.17. The fraction of sp³-hybridized carbons (Fsp3) is 0.455. The van der Waals surface area contributed by atoms with E-state index in [1.54, 1.807) is 0 Å². The van der Waals surface area contributed by atoms with Crippen molar-refractivity contribution in [3.8, 4) is 0 Å². The molecule has 1 N–H and O–H groups in total. The van der Waals surface area contributed by atoms with Gasteiger partial charge in [0.15, 0.2) is 0 Å². The standard InChI is InChI=1S/C11H13F3N/c1-3-8(2)15-10-7-5-4-6-9(10)11(12,13)14/h5-8,15H,3H2,1-2H3. The Labute approximate surface area is 87.3 Å². The molecule has 0 aliphatic carbocycles. The lowest BCUT2D eigenvalue weighted by atomic mass is 10.1. The van der Waals surface area contributed by atoms with Crippen molar-refractivity contribution in [2.45, 2.75) is 32.5 Å². The fourth-order valence-corrected chi connectivity index (χ4v) is 1.16. The summed E-state index contributed by atoms with van der Waals surface area (Å²) in [6.07, 6.45) is -3.55. The van der Waals surface area contributed by atoms with Gasteiger partial charge in [0.25, 0.3) is 0 Å². The molecule has 0 saturated carbocycles. The van der Waals surface area contributed by atoms with Crippen LogP contribution in [0.4, 0.5) is 18.9 Å². The van der Waals surface area contributed by atoms with Gasteiger partial charge in [-0.3, -0.25) is 0 Å². The molecular formula is C11H13F3N. The molecule has 0 aliphatic heterocycles. The lowest BCUT2D eigenvalue weighted by molar-refractivity contribution is -0.137. The highest BCUT2D eigenvalue weighted by Crippen LogP contribution is 2.34. The molecule has 1 aromatic rings. The Bertz CT molecular complexity index is 320. The molecule has 0 aromatic heterocycles. The summed E-state index contributed by atoms with van der Waals surface area (Å²) in [7, 11) is 0. The van der Waals surface area contributed by atoms with Crippen LogP contribution in [0, 0.1) is 6.07 Å². The molecule has 0 fully saturated rings. The maximum atomic E-state index is 12.5. The summed E-state index contributed by atoms with van der Waals surface area (Å²) < 4.78 is 37.6. The van der Waals surface area contributed by atoms with Gasteiger partial charge in [-0.2, -0.15) is 13.2 Å². The second-order valence-corrected chi connectivity index (χ2v) is 3.42. The zero-order valence-electron chi connectivity index (χ0n) is 8.65. The van der Waals surface area contributed by atoms with Crippen LogP contribution in [-0.4, -0.2) is 6.04 Å². The lowest BCUT2D eigenvalue weighted by Gasteiger charge is -2.17. The molecule has 0 amide bonds. The quantitative estimate of drug-likeness (QED) is 0.812. The van der Waals surface area contributed by atoms with Crippen LogP contribution < -0.4 is 5.32 Å². The Hall–Kier alpha value is -1.19. The van der Waals surface area contributed by atoms with E-state index >= 15 is 0 Å². The zero-order valence-corrected chi connectivity index (χ0v) is 8.65. The molecule has 1 atom stereocenters. The Morgan fingerprint density at radius 1 is 1.47 bits per heavy atom. The fourth-order valence-electron chi connectivity index (χ4n) is 1.16. The summed E-state index contributed by atoms with van der Waals surface area (Å²) in [5, 5.41) is 2.83. The van der Waals surface area contributed by atoms with Crippen molar-refractivity contribution in [3.63, 3.8) is 0 Å². The molecule has 0 saturated heterocycles. The summed E-state index contributed by atoms with van der Waals surface area (Å²) in [4.78, 5) is 0. The molecule has 1 aromatic carbocycles. The Balaban J connectivity index is 2.97. The van der Waals surface area contributed by atoms with Crippen molar-refractivity contribution in [2.75, 3.05) is 5.32 Å². The van der Waals surface area contributed by atoms with E-state index in [0.717, 1.165) is 12.5 Å². The number of hydrogen-bond acceptors (Lipinski definition) is 1. The minimum atomic E-state index is -4.33. The van der Waals surface area contributed by atoms with Gasteiger partial charge in [0.2, 0.25) is 0 Å². The van der Waals surface area contributed by atoms with Crippen molar-refractivity contribution in [1.29, 1.82) is 0 Å². The first kappa shape index (κ1) is 11.9. The van der Waals surface area contributed by atoms with Gasteiger partial charge in [-0.1, -0.05) is 13.0 Å². The molecule has 1 unspecified atom stereocenters. The summed E-state index contributed by atoms with van der Waals surface area (Å²) in [6.45, 7) is 3.76. The minimum absolute atomic E-state index is 0.0218. The second kappa shape index (κ2) is 4.55. The topological polar surface area (TPSA) is 12.0 Å². The lowest BCUT2D eigenvalue weighted by Crippen LogP contribution is -2.17. The molecule has 1 radical (unpaired) electrons. The third-order valence-electron chi connectivity index (χ3n) is 2.18. The average molecular weight is 216 g/mol. The highest BCUT2D eigenvalue weighted by Gasteiger charge is 2.33. The number of nitrogens with one attached hydrogen (secondary N) is 1. The first-order valence-corrected chi connectivity index (χ1v) is 4.79. The van der Waals surface area contributed by atoms with Crippen LogP contribution in [0.5, 0.6) is 0 Å². The first-order valence-electron chi connectivity index (χ1n) is 4.79. The summed E-state index contributed by atoms with van der Waals surface area (Å²) in [5.41, 5.74) is -0.541. The van der Waals surface area contributed by atoms with Gasteiger partial charge in [-0.25, -0.2) is 0 Å². The highest BCUT2D eigenvalue weighted by molar-refractivity contribution is 5.52. The Morgan fingerprint density at radius 2 is 2.13 bits per heavy atom. The van der Waals surface area contributed by atoms with E-state index in [0.29, 0.717) is 0 Å². The molecule has 15 heavy (non-hydrogen) atoms. The van der Waals surface area contributed by atoms with Gasteiger partial charge < -0.3 is 5.32 Å². The molecule has 0 aliphatic rings. The maximum absolute atomic E-state index is 12.5. The zero-order chi connectivity index (χ0) is 11.5. The van der Waals surface area contributed by atoms with Gasteiger partial charge in [0, 0.05) is 11.7 Å². The van der Waals surface area contributed by atoms with Crippen molar-refractivity contribution in [1.82, 2.24) is 0 Å². The van der Waals surface area contributed by atoms with Gasteiger partial charge in [0.05, 0.1) is 5.56 Å². The summed E-state index contributed by atoms with van der Waals surface area (Å²) >= 11 is 0. The van der Waals surface area contributed by atoms with Gasteiger partial charge in [0.1, 0.15) is 0 Å². The number of rotatable bonds is 3. The number of hydrogen-bond donors (Lipinski definition) is 1. The predicted octanol–water partition coefficient (Wildman–Crippen LogP) is 3.72. The van der Waals surface area contributed by atoms with E-state index in [4.69, 9.17) is 0 Å². The minimum Gasteiger partial charge on any atom is -0.382 e. The van der Waals surface area contributed by atoms with Crippen LogP contribution in [0.1, 0.15) is 25.8 Å². The number of halogens is 3. The largest absolute Gasteiger partial charge is 0.418 e. The van der Waals surface area contributed by atoms with E-state index in [2.05, 4.69) is 11.4 Å². The number of benzene rings is 1. The third-order valence-corrected chi connectivity index (χ3v) is 2.18. The van der Waals surface area contributed by atoms with Crippen molar-refractivity contribution >= 4 is 5.69 Å². The monoisotopic (exact) mass is 216 g/mol. The predicted molar refractivity (Wildman–Crippen MR) is 53.7 cm³/mol. The van der Waals surface area contributed by atoms with Crippen LogP contribution in [-0.2, 0) is 6.18 Å². The normalized spacial score (nSPS) is 13.7. The van der Waals surface area contributed by atoms with Crippen molar-refractivity contribution in [2.24, 2.45) is 0 Å². The van der Waals surface area contributed by atoms with E-state index in [-0.39, 0.29) is 11.7 Å². The molecule has 1 nitrogen and oxygen atoms in total. The summed E-state index contributed by atoms with van der Waals surface area (Å²) in [5.74, 6) is 0. The van der Waals surface area contributed by atoms with E-state index in [1.807, 2.05) is 13.8 Å².